The van der Waals surface area contributed by atoms with E-state index in [4.69, 9.17) is 17.3 Å². The number of rotatable bonds is 5. The van der Waals surface area contributed by atoms with Gasteiger partial charge in [0.05, 0.1) is 23.8 Å². The highest BCUT2D eigenvalue weighted by Crippen LogP contribution is 2.24. The van der Waals surface area contributed by atoms with Crippen LogP contribution in [0.1, 0.15) is 6.92 Å². The van der Waals surface area contributed by atoms with Gasteiger partial charge in [-0.1, -0.05) is 18.5 Å². The number of likely N-dealkylation sites (N-methyl/N-ethyl adjacent to an activating group) is 1. The zero-order valence-electron chi connectivity index (χ0n) is 10.8. The van der Waals surface area contributed by atoms with Crippen molar-refractivity contribution in [3.8, 4) is 0 Å². The number of nitrogens with two attached hydrogens (primary N) is 1. The van der Waals surface area contributed by atoms with Gasteiger partial charge in [-0.2, -0.15) is 13.2 Å². The molecule has 0 saturated heterocycles. The molecule has 0 heterocycles. The molecule has 4 nitrogen and oxygen atoms in total. The summed E-state index contributed by atoms with van der Waals surface area (Å²) in [6.07, 6.45) is -4.34. The lowest BCUT2D eigenvalue weighted by atomic mass is 10.3. The quantitative estimate of drug-likeness (QED) is 0.822. The smallest absolute Gasteiger partial charge is 0.399 e. The lowest BCUT2D eigenvalue weighted by Crippen LogP contribution is -2.39. The molecule has 1 aromatic carbocycles. The maximum Gasteiger partial charge on any atom is 0.401 e. The summed E-state index contributed by atoms with van der Waals surface area (Å²) in [4.78, 5) is 12.7. The van der Waals surface area contributed by atoms with Crippen molar-refractivity contribution in [1.29, 1.82) is 0 Å². The van der Waals surface area contributed by atoms with Crippen molar-refractivity contribution < 1.29 is 18.0 Å². The molecule has 1 rings (SSSR count). The first kappa shape index (κ1) is 16.6. The Morgan fingerprint density at radius 3 is 2.60 bits per heavy atom. The molecule has 0 aliphatic rings. The van der Waals surface area contributed by atoms with Gasteiger partial charge in [0.25, 0.3) is 0 Å². The van der Waals surface area contributed by atoms with Crippen LogP contribution in [0.2, 0.25) is 5.02 Å². The molecule has 20 heavy (non-hydrogen) atoms. The number of amides is 1. The molecule has 0 aromatic heterocycles. The van der Waals surface area contributed by atoms with Gasteiger partial charge in [0.2, 0.25) is 5.91 Å². The second-order valence-electron chi connectivity index (χ2n) is 4.21. The van der Waals surface area contributed by atoms with Crippen molar-refractivity contribution in [1.82, 2.24) is 4.90 Å². The third-order valence-corrected chi connectivity index (χ3v) is 2.80. The topological polar surface area (TPSA) is 58.4 Å². The molecule has 0 spiro atoms. The highest BCUT2D eigenvalue weighted by atomic mass is 35.5. The molecule has 0 bridgehead atoms. The number of nitrogens with one attached hydrogen (secondary N) is 1. The van der Waals surface area contributed by atoms with Gasteiger partial charge < -0.3 is 11.1 Å². The highest BCUT2D eigenvalue weighted by molar-refractivity contribution is 6.34. The summed E-state index contributed by atoms with van der Waals surface area (Å²) in [5.74, 6) is -0.567. The van der Waals surface area contributed by atoms with Crippen LogP contribution in [0.4, 0.5) is 24.5 Å². The zero-order valence-corrected chi connectivity index (χ0v) is 11.6. The van der Waals surface area contributed by atoms with Crippen molar-refractivity contribution in [3.05, 3.63) is 23.2 Å². The number of alkyl halides is 3. The zero-order chi connectivity index (χ0) is 15.3. The van der Waals surface area contributed by atoms with Crippen molar-refractivity contribution in [2.75, 3.05) is 30.7 Å². The van der Waals surface area contributed by atoms with Gasteiger partial charge in [0.1, 0.15) is 0 Å². The fourth-order valence-corrected chi connectivity index (χ4v) is 1.79. The summed E-state index contributed by atoms with van der Waals surface area (Å²) >= 11 is 5.86. The van der Waals surface area contributed by atoms with Gasteiger partial charge in [-0.3, -0.25) is 9.69 Å². The monoisotopic (exact) mass is 309 g/mol. The van der Waals surface area contributed by atoms with E-state index in [9.17, 15) is 18.0 Å². The molecule has 8 heteroatoms. The Labute approximate surface area is 119 Å². The standard InChI is InChI=1S/C12H15ClF3N3O/c1-2-19(7-12(14,15)16)6-11(20)18-10-4-3-8(17)5-9(10)13/h3-5H,2,6-7,17H2,1H3,(H,18,20). The Bertz CT molecular complexity index is 480. The molecule has 0 fully saturated rings. The Balaban J connectivity index is 2.62. The van der Waals surface area contributed by atoms with Crippen LogP contribution < -0.4 is 11.1 Å². The number of hydrogen-bond donors (Lipinski definition) is 2. The Morgan fingerprint density at radius 1 is 1.45 bits per heavy atom. The fraction of sp³-hybridized carbons (Fsp3) is 0.417. The molecule has 0 aliphatic carbocycles. The van der Waals surface area contributed by atoms with E-state index in [1.165, 1.54) is 18.2 Å². The molecule has 3 N–H and O–H groups in total. The summed E-state index contributed by atoms with van der Waals surface area (Å²) in [5.41, 5.74) is 6.24. The summed E-state index contributed by atoms with van der Waals surface area (Å²) in [5, 5.41) is 2.69. The van der Waals surface area contributed by atoms with E-state index in [0.29, 0.717) is 11.4 Å². The number of hydrogen-bond acceptors (Lipinski definition) is 3. The van der Waals surface area contributed by atoms with Crippen LogP contribution in [-0.2, 0) is 4.79 Å². The SMILES string of the molecule is CCN(CC(=O)Nc1ccc(N)cc1Cl)CC(F)(F)F. The van der Waals surface area contributed by atoms with Gasteiger partial charge >= 0.3 is 6.18 Å². The van der Waals surface area contributed by atoms with E-state index >= 15 is 0 Å². The third-order valence-electron chi connectivity index (χ3n) is 2.48. The first-order chi connectivity index (χ1) is 9.21. The van der Waals surface area contributed by atoms with Crippen LogP contribution in [0.3, 0.4) is 0 Å². The Hall–Kier alpha value is -1.47. The third kappa shape index (κ3) is 5.66. The van der Waals surface area contributed by atoms with Crippen LogP contribution in [-0.4, -0.2) is 36.6 Å². The maximum absolute atomic E-state index is 12.3. The van der Waals surface area contributed by atoms with Gasteiger partial charge in [0, 0.05) is 5.69 Å². The lowest BCUT2D eigenvalue weighted by Gasteiger charge is -2.21. The summed E-state index contributed by atoms with van der Waals surface area (Å²) in [6.45, 7) is 0.167. The van der Waals surface area contributed by atoms with Crippen LogP contribution in [0.15, 0.2) is 18.2 Å². The molecule has 0 saturated carbocycles. The molecule has 0 atom stereocenters. The van der Waals surface area contributed by atoms with E-state index in [1.54, 1.807) is 6.92 Å². The van der Waals surface area contributed by atoms with Crippen LogP contribution in [0.25, 0.3) is 0 Å². The molecule has 1 amide bonds. The number of carbonyl (C=O) groups is 1. The van der Waals surface area contributed by atoms with Crippen molar-refractivity contribution in [2.45, 2.75) is 13.1 Å². The molecule has 1 aromatic rings. The average molecular weight is 310 g/mol. The second kappa shape index (κ2) is 6.81. The van der Waals surface area contributed by atoms with Gasteiger partial charge in [0.15, 0.2) is 0 Å². The van der Waals surface area contributed by atoms with Crippen molar-refractivity contribution >= 4 is 28.9 Å². The Morgan fingerprint density at radius 2 is 2.10 bits per heavy atom. The van der Waals surface area contributed by atoms with Gasteiger partial charge in [-0.05, 0) is 24.7 Å². The predicted octanol–water partition coefficient (Wildman–Crippen LogP) is 2.74. The fourth-order valence-electron chi connectivity index (χ4n) is 1.56. The number of halogens is 4. The predicted molar refractivity (Wildman–Crippen MR) is 72.7 cm³/mol. The van der Waals surface area contributed by atoms with E-state index in [-0.39, 0.29) is 18.1 Å². The van der Waals surface area contributed by atoms with Crippen LogP contribution in [0, 0.1) is 0 Å². The second-order valence-corrected chi connectivity index (χ2v) is 4.61. The largest absolute Gasteiger partial charge is 0.401 e. The average Bonchev–Trinajstić information content (AvgIpc) is 2.30. The number of nitrogen functional groups attached to an aromatic ring is 1. The molecule has 0 radical (unpaired) electrons. The van der Waals surface area contributed by atoms with E-state index in [0.717, 1.165) is 4.90 Å². The first-order valence-electron chi connectivity index (χ1n) is 5.85. The van der Waals surface area contributed by atoms with E-state index in [2.05, 4.69) is 5.32 Å². The van der Waals surface area contributed by atoms with E-state index < -0.39 is 18.6 Å². The van der Waals surface area contributed by atoms with Crippen molar-refractivity contribution in [3.63, 3.8) is 0 Å². The molecular weight excluding hydrogens is 295 g/mol. The normalized spacial score (nSPS) is 11.7. The number of carbonyl (C=O) groups excluding carboxylic acids is 1. The highest BCUT2D eigenvalue weighted by Gasteiger charge is 2.30. The molecule has 0 unspecified atom stereocenters. The van der Waals surface area contributed by atoms with E-state index in [1.807, 2.05) is 0 Å². The number of nitrogens with zero attached hydrogens (tertiary/aromatic N) is 1. The minimum Gasteiger partial charge on any atom is -0.399 e. The van der Waals surface area contributed by atoms with Gasteiger partial charge in [-0.25, -0.2) is 0 Å². The van der Waals surface area contributed by atoms with Gasteiger partial charge in [-0.15, -0.1) is 0 Å². The lowest BCUT2D eigenvalue weighted by molar-refractivity contribution is -0.147. The Kier molecular flexibility index (Phi) is 5.64. The summed E-state index contributed by atoms with van der Waals surface area (Å²) < 4.78 is 36.8. The molecule has 112 valence electrons. The summed E-state index contributed by atoms with van der Waals surface area (Å²) in [6, 6.07) is 4.48. The summed E-state index contributed by atoms with van der Waals surface area (Å²) in [7, 11) is 0. The van der Waals surface area contributed by atoms with Crippen molar-refractivity contribution in [2.24, 2.45) is 0 Å². The number of anilines is 2. The first-order valence-corrected chi connectivity index (χ1v) is 6.23. The minimum absolute atomic E-state index is 0.113. The minimum atomic E-state index is -4.34. The maximum atomic E-state index is 12.3. The molecular formula is C12H15ClF3N3O. The van der Waals surface area contributed by atoms with Crippen LogP contribution >= 0.6 is 11.6 Å². The van der Waals surface area contributed by atoms with Crippen LogP contribution in [0.5, 0.6) is 0 Å². The number of benzene rings is 1. The molecule has 0 aliphatic heterocycles.